The van der Waals surface area contributed by atoms with Gasteiger partial charge in [0, 0.05) is 16.9 Å². The molecule has 5 nitrogen and oxygen atoms in total. The van der Waals surface area contributed by atoms with Crippen LogP contribution in [0.1, 0.15) is 15.9 Å². The average molecular weight is 429 g/mol. The van der Waals surface area contributed by atoms with Crippen molar-refractivity contribution in [2.24, 2.45) is 0 Å². The summed E-state index contributed by atoms with van der Waals surface area (Å²) in [6, 6.07) is 18.8. The average Bonchev–Trinajstić information content (AvgIpc) is 2.72. The Labute approximate surface area is 178 Å². The maximum absolute atomic E-state index is 12.3. The number of nitrogens with one attached hydrogen (secondary N) is 2. The van der Waals surface area contributed by atoms with Gasteiger partial charge in [-0.15, -0.1) is 0 Å². The molecule has 0 saturated carbocycles. The van der Waals surface area contributed by atoms with Gasteiger partial charge >= 0.3 is 0 Å². The molecule has 3 rings (SSSR count). The molecule has 7 heteroatoms. The molecule has 0 aliphatic carbocycles. The summed E-state index contributed by atoms with van der Waals surface area (Å²) in [5.41, 5.74) is 2.49. The summed E-state index contributed by atoms with van der Waals surface area (Å²) in [5, 5.41) is 6.45. The fourth-order valence-corrected chi connectivity index (χ4v) is 2.94. The van der Waals surface area contributed by atoms with E-state index < -0.39 is 0 Å². The van der Waals surface area contributed by atoms with Crippen LogP contribution in [-0.4, -0.2) is 18.9 Å². The van der Waals surface area contributed by atoms with Crippen LogP contribution in [0.4, 0.5) is 11.4 Å². The predicted molar refractivity (Wildman–Crippen MR) is 116 cm³/mol. The first kappa shape index (κ1) is 20.7. The van der Waals surface area contributed by atoms with Gasteiger partial charge in [0.1, 0.15) is 5.75 Å². The van der Waals surface area contributed by atoms with E-state index in [-0.39, 0.29) is 18.2 Å². The summed E-state index contributed by atoms with van der Waals surface area (Å²) in [4.78, 5) is 24.6. The van der Waals surface area contributed by atoms with Crippen molar-refractivity contribution in [2.45, 2.75) is 6.42 Å². The highest BCUT2D eigenvalue weighted by molar-refractivity contribution is 6.42. The van der Waals surface area contributed by atoms with Gasteiger partial charge in [0.15, 0.2) is 0 Å². The highest BCUT2D eigenvalue weighted by Gasteiger charge is 2.09. The van der Waals surface area contributed by atoms with Crippen LogP contribution in [-0.2, 0) is 11.2 Å². The Morgan fingerprint density at radius 1 is 0.828 bits per heavy atom. The lowest BCUT2D eigenvalue weighted by molar-refractivity contribution is -0.115. The summed E-state index contributed by atoms with van der Waals surface area (Å²) >= 11 is 11.9. The molecule has 0 spiro atoms. The zero-order chi connectivity index (χ0) is 20.8. The van der Waals surface area contributed by atoms with Crippen LogP contribution in [0, 0.1) is 0 Å². The molecule has 3 aromatic rings. The normalized spacial score (nSPS) is 10.3. The van der Waals surface area contributed by atoms with Crippen molar-refractivity contribution in [3.63, 3.8) is 0 Å². The lowest BCUT2D eigenvalue weighted by Crippen LogP contribution is -2.15. The van der Waals surface area contributed by atoms with Crippen molar-refractivity contribution >= 4 is 46.4 Å². The zero-order valence-corrected chi connectivity index (χ0v) is 17.1. The maximum atomic E-state index is 12.3. The lowest BCUT2D eigenvalue weighted by Gasteiger charge is -2.09. The molecule has 148 valence electrons. The molecule has 0 fully saturated rings. The topological polar surface area (TPSA) is 67.4 Å². The first-order valence-corrected chi connectivity index (χ1v) is 9.49. The van der Waals surface area contributed by atoms with Crippen LogP contribution in [0.3, 0.4) is 0 Å². The molecule has 0 aromatic heterocycles. The number of methoxy groups -OCH3 is 1. The van der Waals surface area contributed by atoms with Gasteiger partial charge in [-0.25, -0.2) is 0 Å². The number of hydrogen-bond acceptors (Lipinski definition) is 3. The van der Waals surface area contributed by atoms with E-state index in [9.17, 15) is 9.59 Å². The molecule has 0 heterocycles. The van der Waals surface area contributed by atoms with Crippen molar-refractivity contribution in [3.8, 4) is 5.75 Å². The Kier molecular flexibility index (Phi) is 6.75. The second kappa shape index (κ2) is 9.45. The molecule has 3 aromatic carbocycles. The molecule has 0 bridgehead atoms. The molecule has 0 aliphatic rings. The third-order valence-corrected chi connectivity index (χ3v) is 4.87. The molecule has 0 saturated heterocycles. The Hall–Kier alpha value is -3.02. The first-order valence-electron chi connectivity index (χ1n) is 8.74. The van der Waals surface area contributed by atoms with Crippen molar-refractivity contribution < 1.29 is 14.3 Å². The molecular weight excluding hydrogens is 411 g/mol. The van der Waals surface area contributed by atoms with Gasteiger partial charge in [0.2, 0.25) is 5.91 Å². The molecule has 2 amide bonds. The number of amides is 2. The Morgan fingerprint density at radius 2 is 1.45 bits per heavy atom. The SMILES string of the molecule is COc1ccc(NC(=O)c2ccc(NC(=O)Cc3ccc(Cl)c(Cl)c3)cc2)cc1. The second-order valence-electron chi connectivity index (χ2n) is 6.23. The first-order chi connectivity index (χ1) is 13.9. The van der Waals surface area contributed by atoms with Crippen molar-refractivity contribution in [1.82, 2.24) is 0 Å². The van der Waals surface area contributed by atoms with E-state index in [0.29, 0.717) is 32.7 Å². The van der Waals surface area contributed by atoms with Gasteiger partial charge in [0.25, 0.3) is 5.91 Å². The summed E-state index contributed by atoms with van der Waals surface area (Å²) in [7, 11) is 1.58. The van der Waals surface area contributed by atoms with E-state index in [1.807, 2.05) is 0 Å². The van der Waals surface area contributed by atoms with Crippen LogP contribution < -0.4 is 15.4 Å². The minimum absolute atomic E-state index is 0.163. The number of carbonyl (C=O) groups excluding carboxylic acids is 2. The van der Waals surface area contributed by atoms with Crippen LogP contribution in [0.5, 0.6) is 5.75 Å². The molecular formula is C22H18Cl2N2O3. The van der Waals surface area contributed by atoms with Crippen LogP contribution >= 0.6 is 23.2 Å². The van der Waals surface area contributed by atoms with Gasteiger partial charge in [-0.1, -0.05) is 29.3 Å². The molecule has 0 unspecified atom stereocenters. The lowest BCUT2D eigenvalue weighted by atomic mass is 10.1. The van der Waals surface area contributed by atoms with E-state index in [1.54, 1.807) is 73.8 Å². The minimum atomic E-state index is -0.246. The number of hydrogen-bond donors (Lipinski definition) is 2. The molecule has 0 atom stereocenters. The monoisotopic (exact) mass is 428 g/mol. The summed E-state index contributed by atoms with van der Waals surface area (Å²) in [5.74, 6) is 0.270. The smallest absolute Gasteiger partial charge is 0.255 e. The van der Waals surface area contributed by atoms with Gasteiger partial charge in [-0.3, -0.25) is 9.59 Å². The van der Waals surface area contributed by atoms with Crippen LogP contribution in [0.2, 0.25) is 10.0 Å². The maximum Gasteiger partial charge on any atom is 0.255 e. The van der Waals surface area contributed by atoms with E-state index in [4.69, 9.17) is 27.9 Å². The number of anilines is 2. The van der Waals surface area contributed by atoms with Gasteiger partial charge in [0.05, 0.1) is 23.6 Å². The molecule has 2 N–H and O–H groups in total. The van der Waals surface area contributed by atoms with Gasteiger partial charge < -0.3 is 15.4 Å². The van der Waals surface area contributed by atoms with Crippen LogP contribution in [0.25, 0.3) is 0 Å². The summed E-state index contributed by atoms with van der Waals surface area (Å²) < 4.78 is 5.09. The fourth-order valence-electron chi connectivity index (χ4n) is 2.62. The number of benzene rings is 3. The van der Waals surface area contributed by atoms with E-state index in [2.05, 4.69) is 10.6 Å². The molecule has 0 radical (unpaired) electrons. The zero-order valence-electron chi connectivity index (χ0n) is 15.5. The van der Waals surface area contributed by atoms with Gasteiger partial charge in [-0.2, -0.15) is 0 Å². The largest absolute Gasteiger partial charge is 0.497 e. The highest BCUT2D eigenvalue weighted by atomic mass is 35.5. The highest BCUT2D eigenvalue weighted by Crippen LogP contribution is 2.23. The summed E-state index contributed by atoms with van der Waals surface area (Å²) in [6.45, 7) is 0. The van der Waals surface area contributed by atoms with Crippen molar-refractivity contribution in [2.75, 3.05) is 17.7 Å². The third kappa shape index (κ3) is 5.73. The number of ether oxygens (including phenoxy) is 1. The Morgan fingerprint density at radius 3 is 2.07 bits per heavy atom. The van der Waals surface area contributed by atoms with E-state index >= 15 is 0 Å². The Bertz CT molecular complexity index is 1020. The van der Waals surface area contributed by atoms with Crippen molar-refractivity contribution in [1.29, 1.82) is 0 Å². The van der Waals surface area contributed by atoms with E-state index in [1.165, 1.54) is 0 Å². The quantitative estimate of drug-likeness (QED) is 0.549. The standard InChI is InChI=1S/C22H18Cl2N2O3/c1-29-18-9-7-17(8-10-18)26-22(28)15-3-5-16(6-4-15)25-21(27)13-14-2-11-19(23)20(24)12-14/h2-12H,13H2,1H3,(H,25,27)(H,26,28). The van der Waals surface area contributed by atoms with Crippen LogP contribution in [0.15, 0.2) is 66.7 Å². The number of halogens is 2. The Balaban J connectivity index is 1.57. The number of carbonyl (C=O) groups is 2. The minimum Gasteiger partial charge on any atom is -0.497 e. The third-order valence-electron chi connectivity index (χ3n) is 4.13. The second-order valence-corrected chi connectivity index (χ2v) is 7.05. The van der Waals surface area contributed by atoms with Gasteiger partial charge in [-0.05, 0) is 66.2 Å². The summed E-state index contributed by atoms with van der Waals surface area (Å²) in [6.07, 6.45) is 0.163. The predicted octanol–water partition coefficient (Wildman–Crippen LogP) is 5.44. The number of rotatable bonds is 6. The molecule has 0 aliphatic heterocycles. The molecule has 29 heavy (non-hydrogen) atoms. The van der Waals surface area contributed by atoms with Crippen molar-refractivity contribution in [3.05, 3.63) is 87.9 Å². The van der Waals surface area contributed by atoms with E-state index in [0.717, 1.165) is 5.56 Å². The fraction of sp³-hybridized carbons (Fsp3) is 0.0909.